The number of Topliss-reactive ketones (excluding diaryl/α,β-unsaturated/α-hetero) is 1. The van der Waals surface area contributed by atoms with Gasteiger partial charge in [-0.3, -0.25) is 9.59 Å². The minimum atomic E-state index is -1.46. The van der Waals surface area contributed by atoms with Crippen LogP contribution in [0.1, 0.15) is 27.4 Å². The quantitative estimate of drug-likeness (QED) is 0.881. The molecule has 0 spiro atoms. The number of carbonyl (C=O) groups excluding carboxylic acids is 2. The van der Waals surface area contributed by atoms with E-state index in [2.05, 4.69) is 0 Å². The van der Waals surface area contributed by atoms with E-state index < -0.39 is 23.2 Å². The lowest BCUT2D eigenvalue weighted by Gasteiger charge is -2.03. The number of hydrogen-bond donors (Lipinski definition) is 1. The van der Waals surface area contributed by atoms with Crippen LogP contribution < -0.4 is 5.73 Å². The smallest absolute Gasteiger partial charge is 0.239 e. The van der Waals surface area contributed by atoms with Crippen molar-refractivity contribution in [3.8, 4) is 6.07 Å². The van der Waals surface area contributed by atoms with Crippen LogP contribution in [0.15, 0.2) is 54.6 Å². The molecule has 0 heterocycles. The standard InChI is InChI=1S/C19H16N2O2/c1-12-7-9-13(10-8-12)15-16(19(15,11-20)18(21)23)17(22)14-5-3-2-4-6-14/h2-10,15-16H,1H3,(H2,21,23)/t15-,16-,19?/m0/s1. The van der Waals surface area contributed by atoms with Crippen molar-refractivity contribution in [3.63, 3.8) is 0 Å². The summed E-state index contributed by atoms with van der Waals surface area (Å²) >= 11 is 0. The second-order valence-corrected chi connectivity index (χ2v) is 5.94. The SMILES string of the molecule is Cc1ccc([C@H]2[C@@H](C(=O)c3ccccc3)C2(C#N)C(N)=O)cc1. The average Bonchev–Trinajstić information content (AvgIpc) is 3.26. The van der Waals surface area contributed by atoms with E-state index in [1.54, 1.807) is 24.3 Å². The first-order valence-electron chi connectivity index (χ1n) is 7.39. The fourth-order valence-corrected chi connectivity index (χ4v) is 3.26. The van der Waals surface area contributed by atoms with Crippen molar-refractivity contribution in [2.24, 2.45) is 17.1 Å². The van der Waals surface area contributed by atoms with Gasteiger partial charge in [-0.05, 0) is 12.5 Å². The van der Waals surface area contributed by atoms with Crippen LogP contribution in [0.3, 0.4) is 0 Å². The molecule has 1 amide bonds. The molecule has 1 aliphatic carbocycles. The zero-order valence-electron chi connectivity index (χ0n) is 12.7. The number of nitrogens with two attached hydrogens (primary N) is 1. The number of nitrogens with zero attached hydrogens (tertiary/aromatic N) is 1. The van der Waals surface area contributed by atoms with Crippen LogP contribution in [0.4, 0.5) is 0 Å². The summed E-state index contributed by atoms with van der Waals surface area (Å²) in [6, 6.07) is 18.2. The molecule has 23 heavy (non-hydrogen) atoms. The fourth-order valence-electron chi connectivity index (χ4n) is 3.26. The largest absolute Gasteiger partial charge is 0.368 e. The number of rotatable bonds is 4. The Morgan fingerprint density at radius 3 is 2.22 bits per heavy atom. The predicted octanol–water partition coefficient (Wildman–Crippen LogP) is 2.59. The topological polar surface area (TPSA) is 83.9 Å². The summed E-state index contributed by atoms with van der Waals surface area (Å²) in [5.41, 5.74) is 6.40. The Balaban J connectivity index is 2.04. The van der Waals surface area contributed by atoms with E-state index in [1.165, 1.54) is 0 Å². The van der Waals surface area contributed by atoms with E-state index in [0.29, 0.717) is 5.56 Å². The number of ketones is 1. The van der Waals surface area contributed by atoms with Gasteiger partial charge in [-0.2, -0.15) is 5.26 Å². The van der Waals surface area contributed by atoms with E-state index in [1.807, 2.05) is 43.3 Å². The van der Waals surface area contributed by atoms with Crippen LogP contribution in [0.2, 0.25) is 0 Å². The maximum atomic E-state index is 12.8. The third kappa shape index (κ3) is 2.22. The summed E-state index contributed by atoms with van der Waals surface area (Å²) < 4.78 is 0. The highest BCUT2D eigenvalue weighted by Crippen LogP contribution is 2.65. The second-order valence-electron chi connectivity index (χ2n) is 5.94. The number of carbonyl (C=O) groups is 2. The summed E-state index contributed by atoms with van der Waals surface area (Å²) in [6.07, 6.45) is 0. The van der Waals surface area contributed by atoms with Gasteiger partial charge < -0.3 is 5.73 Å². The van der Waals surface area contributed by atoms with Gasteiger partial charge in [0.2, 0.25) is 5.91 Å². The Labute approximate surface area is 134 Å². The van der Waals surface area contributed by atoms with Crippen LogP contribution in [0, 0.1) is 29.6 Å². The van der Waals surface area contributed by atoms with E-state index in [9.17, 15) is 14.9 Å². The van der Waals surface area contributed by atoms with Gasteiger partial charge in [-0.15, -0.1) is 0 Å². The van der Waals surface area contributed by atoms with Crippen molar-refractivity contribution in [1.82, 2.24) is 0 Å². The van der Waals surface area contributed by atoms with Crippen molar-refractivity contribution in [3.05, 3.63) is 71.3 Å². The molecule has 1 aliphatic rings. The maximum Gasteiger partial charge on any atom is 0.239 e. The minimum absolute atomic E-state index is 0.212. The molecule has 3 rings (SSSR count). The molecule has 1 fully saturated rings. The molecule has 0 bridgehead atoms. The molecule has 0 radical (unpaired) electrons. The van der Waals surface area contributed by atoms with Crippen LogP contribution in [-0.4, -0.2) is 11.7 Å². The van der Waals surface area contributed by atoms with Gasteiger partial charge in [0.25, 0.3) is 0 Å². The molecule has 114 valence electrons. The zero-order chi connectivity index (χ0) is 16.6. The first-order valence-corrected chi connectivity index (χ1v) is 7.39. The summed E-state index contributed by atoms with van der Waals surface area (Å²) in [5, 5.41) is 9.58. The normalized spacial score (nSPS) is 25.4. The van der Waals surface area contributed by atoms with Crippen LogP contribution in [0.5, 0.6) is 0 Å². The summed E-state index contributed by atoms with van der Waals surface area (Å²) in [5.74, 6) is -2.16. The van der Waals surface area contributed by atoms with E-state index in [4.69, 9.17) is 5.73 Å². The Bertz CT molecular complexity index is 806. The van der Waals surface area contributed by atoms with E-state index in [-0.39, 0.29) is 5.78 Å². The predicted molar refractivity (Wildman–Crippen MR) is 85.4 cm³/mol. The van der Waals surface area contributed by atoms with Crippen molar-refractivity contribution < 1.29 is 9.59 Å². The molecule has 0 saturated heterocycles. The lowest BCUT2D eigenvalue weighted by Crippen LogP contribution is -2.27. The Hall–Kier alpha value is -2.93. The highest BCUT2D eigenvalue weighted by molar-refractivity contribution is 6.08. The third-order valence-electron chi connectivity index (χ3n) is 4.58. The van der Waals surface area contributed by atoms with Gasteiger partial charge in [-0.25, -0.2) is 0 Å². The molecule has 4 nitrogen and oxygen atoms in total. The lowest BCUT2D eigenvalue weighted by atomic mass is 9.98. The number of hydrogen-bond acceptors (Lipinski definition) is 3. The monoisotopic (exact) mass is 304 g/mol. The van der Waals surface area contributed by atoms with E-state index >= 15 is 0 Å². The van der Waals surface area contributed by atoms with Gasteiger partial charge >= 0.3 is 0 Å². The van der Waals surface area contributed by atoms with Crippen molar-refractivity contribution >= 4 is 11.7 Å². The molecular weight excluding hydrogens is 288 g/mol. The molecule has 1 saturated carbocycles. The minimum Gasteiger partial charge on any atom is -0.368 e. The second kappa shape index (κ2) is 5.36. The van der Waals surface area contributed by atoms with Crippen LogP contribution >= 0.6 is 0 Å². The van der Waals surface area contributed by atoms with Crippen LogP contribution in [0.25, 0.3) is 0 Å². The number of nitriles is 1. The van der Waals surface area contributed by atoms with Gasteiger partial charge in [0.05, 0.1) is 12.0 Å². The lowest BCUT2D eigenvalue weighted by molar-refractivity contribution is -0.121. The molecule has 2 aromatic rings. The Morgan fingerprint density at radius 1 is 1.09 bits per heavy atom. The first kappa shape index (κ1) is 15.0. The molecular formula is C19H16N2O2. The maximum absolute atomic E-state index is 12.8. The number of primary amides is 1. The molecule has 2 N–H and O–H groups in total. The number of amides is 1. The molecule has 1 unspecified atom stereocenters. The average molecular weight is 304 g/mol. The molecule has 3 atom stereocenters. The third-order valence-corrected chi connectivity index (χ3v) is 4.58. The molecule has 2 aromatic carbocycles. The highest BCUT2D eigenvalue weighted by atomic mass is 16.2. The van der Waals surface area contributed by atoms with Gasteiger partial charge in [0.1, 0.15) is 0 Å². The van der Waals surface area contributed by atoms with Crippen LogP contribution in [-0.2, 0) is 4.79 Å². The number of aryl methyl sites for hydroxylation is 1. The summed E-state index contributed by atoms with van der Waals surface area (Å²) in [4.78, 5) is 24.7. The van der Waals surface area contributed by atoms with Gasteiger partial charge in [0.15, 0.2) is 11.2 Å². The Kier molecular flexibility index (Phi) is 3.49. The van der Waals surface area contributed by atoms with E-state index in [0.717, 1.165) is 11.1 Å². The Morgan fingerprint density at radius 2 is 1.70 bits per heavy atom. The molecule has 4 heteroatoms. The summed E-state index contributed by atoms with van der Waals surface area (Å²) in [6.45, 7) is 1.95. The molecule has 0 aromatic heterocycles. The van der Waals surface area contributed by atoms with Crippen molar-refractivity contribution in [1.29, 1.82) is 5.26 Å². The van der Waals surface area contributed by atoms with Crippen molar-refractivity contribution in [2.45, 2.75) is 12.8 Å². The highest BCUT2D eigenvalue weighted by Gasteiger charge is 2.73. The fraction of sp³-hybridized carbons (Fsp3) is 0.211. The van der Waals surface area contributed by atoms with Gasteiger partial charge in [0, 0.05) is 11.5 Å². The number of benzene rings is 2. The first-order chi connectivity index (χ1) is 11.0. The summed E-state index contributed by atoms with van der Waals surface area (Å²) in [7, 11) is 0. The van der Waals surface area contributed by atoms with Crippen molar-refractivity contribution in [2.75, 3.05) is 0 Å². The molecule has 0 aliphatic heterocycles. The van der Waals surface area contributed by atoms with Gasteiger partial charge in [-0.1, -0.05) is 60.2 Å². The zero-order valence-corrected chi connectivity index (χ0v) is 12.7.